The fourth-order valence-electron chi connectivity index (χ4n) is 3.80. The second-order valence-corrected chi connectivity index (χ2v) is 9.95. The maximum Gasteiger partial charge on any atom is 0.254 e. The summed E-state index contributed by atoms with van der Waals surface area (Å²) in [5.41, 5.74) is 2.07. The molecule has 8 nitrogen and oxygen atoms in total. The highest BCUT2D eigenvalue weighted by molar-refractivity contribution is 7.90. The fraction of sp³-hybridized carbons (Fsp3) is 0.208. The first-order valence-corrected chi connectivity index (χ1v) is 12.5. The molecule has 0 bridgehead atoms. The number of sulfone groups is 1. The Morgan fingerprint density at radius 1 is 1.15 bits per heavy atom. The van der Waals surface area contributed by atoms with Gasteiger partial charge in [0.2, 0.25) is 0 Å². The number of aromatic nitrogens is 3. The zero-order valence-electron chi connectivity index (χ0n) is 18.6. The molecule has 0 unspecified atom stereocenters. The van der Waals surface area contributed by atoms with E-state index in [0.717, 1.165) is 12.7 Å². The van der Waals surface area contributed by atoms with Gasteiger partial charge in [-0.3, -0.25) is 9.78 Å². The van der Waals surface area contributed by atoms with Crippen molar-refractivity contribution < 1.29 is 22.7 Å². The third-order valence-electron chi connectivity index (χ3n) is 5.48. The lowest BCUT2D eigenvalue weighted by molar-refractivity contribution is 0.0936. The SMILES string of the molecule is CCC[C@@H](NC(=O)c1cncc2c1cnn2-c1ccc(F)cc1)c1ccc(O)c(S(C)(=O)=O)c1. The molecule has 1 amide bonds. The Labute approximate surface area is 196 Å². The minimum atomic E-state index is -3.65. The van der Waals surface area contributed by atoms with E-state index in [-0.39, 0.29) is 16.5 Å². The number of hydrogen-bond acceptors (Lipinski definition) is 6. The van der Waals surface area contributed by atoms with E-state index in [4.69, 9.17) is 0 Å². The van der Waals surface area contributed by atoms with Crippen molar-refractivity contribution in [3.05, 3.63) is 78.0 Å². The average Bonchev–Trinajstić information content (AvgIpc) is 3.23. The van der Waals surface area contributed by atoms with Crippen LogP contribution in [0, 0.1) is 5.82 Å². The van der Waals surface area contributed by atoms with Crippen LogP contribution < -0.4 is 5.32 Å². The van der Waals surface area contributed by atoms with E-state index < -0.39 is 21.8 Å². The molecule has 2 aromatic carbocycles. The molecule has 0 aliphatic rings. The van der Waals surface area contributed by atoms with Crippen LogP contribution in [-0.4, -0.2) is 40.5 Å². The van der Waals surface area contributed by atoms with Gasteiger partial charge in [-0.05, 0) is 48.4 Å². The van der Waals surface area contributed by atoms with Gasteiger partial charge >= 0.3 is 0 Å². The number of amides is 1. The molecule has 4 aromatic rings. The number of carbonyl (C=O) groups is 1. The van der Waals surface area contributed by atoms with Crippen LogP contribution in [0.5, 0.6) is 5.75 Å². The van der Waals surface area contributed by atoms with Crippen LogP contribution >= 0.6 is 0 Å². The molecular formula is C24H23FN4O4S. The summed E-state index contributed by atoms with van der Waals surface area (Å²) in [6.45, 7) is 1.95. The Balaban J connectivity index is 1.68. The molecule has 2 aromatic heterocycles. The van der Waals surface area contributed by atoms with E-state index >= 15 is 0 Å². The Hall–Kier alpha value is -3.79. The summed E-state index contributed by atoms with van der Waals surface area (Å²) in [4.78, 5) is 17.2. The molecule has 1 atom stereocenters. The number of nitrogens with zero attached hydrogens (tertiary/aromatic N) is 3. The molecule has 176 valence electrons. The monoisotopic (exact) mass is 482 g/mol. The predicted octanol–water partition coefficient (Wildman–Crippen LogP) is 3.94. The van der Waals surface area contributed by atoms with Gasteiger partial charge in [-0.2, -0.15) is 5.10 Å². The number of halogens is 1. The highest BCUT2D eigenvalue weighted by Crippen LogP contribution is 2.29. The summed E-state index contributed by atoms with van der Waals surface area (Å²) >= 11 is 0. The number of fused-ring (bicyclic) bond motifs is 1. The lowest BCUT2D eigenvalue weighted by Gasteiger charge is -2.20. The van der Waals surface area contributed by atoms with E-state index in [1.165, 1.54) is 30.5 Å². The number of rotatable bonds is 7. The van der Waals surface area contributed by atoms with E-state index in [1.54, 1.807) is 35.3 Å². The third kappa shape index (κ3) is 4.62. The van der Waals surface area contributed by atoms with Crippen LogP contribution in [0.15, 0.2) is 66.0 Å². The van der Waals surface area contributed by atoms with Crippen LogP contribution in [-0.2, 0) is 9.84 Å². The number of phenols is 1. The van der Waals surface area contributed by atoms with E-state index in [2.05, 4.69) is 15.4 Å². The second-order valence-electron chi connectivity index (χ2n) is 7.97. The maximum absolute atomic E-state index is 13.3. The Kier molecular flexibility index (Phi) is 6.34. The van der Waals surface area contributed by atoms with Crippen molar-refractivity contribution >= 4 is 26.6 Å². The van der Waals surface area contributed by atoms with Gasteiger partial charge in [0.1, 0.15) is 16.5 Å². The van der Waals surface area contributed by atoms with Crippen molar-refractivity contribution in [3.8, 4) is 11.4 Å². The van der Waals surface area contributed by atoms with E-state index in [1.807, 2.05) is 6.92 Å². The lowest BCUT2D eigenvalue weighted by Crippen LogP contribution is -2.29. The molecule has 0 aliphatic carbocycles. The first-order valence-electron chi connectivity index (χ1n) is 10.6. The summed E-state index contributed by atoms with van der Waals surface area (Å²) in [7, 11) is -3.65. The van der Waals surface area contributed by atoms with Gasteiger partial charge in [-0.25, -0.2) is 17.5 Å². The predicted molar refractivity (Wildman–Crippen MR) is 125 cm³/mol. The molecule has 0 saturated heterocycles. The Bertz CT molecular complexity index is 1470. The number of benzene rings is 2. The molecule has 0 radical (unpaired) electrons. The minimum absolute atomic E-state index is 0.190. The number of carbonyl (C=O) groups excluding carboxylic acids is 1. The van der Waals surface area contributed by atoms with Crippen molar-refractivity contribution in [3.63, 3.8) is 0 Å². The number of aromatic hydroxyl groups is 1. The van der Waals surface area contributed by atoms with Crippen molar-refractivity contribution in [2.24, 2.45) is 0 Å². The van der Waals surface area contributed by atoms with Crippen LogP contribution in [0.25, 0.3) is 16.6 Å². The topological polar surface area (TPSA) is 114 Å². The summed E-state index contributed by atoms with van der Waals surface area (Å²) in [5.74, 6) is -1.10. The molecule has 0 saturated carbocycles. The third-order valence-corrected chi connectivity index (χ3v) is 6.61. The largest absolute Gasteiger partial charge is 0.507 e. The number of phenolic OH excluding ortho intramolecular Hbond substituents is 1. The van der Waals surface area contributed by atoms with Crippen molar-refractivity contribution in [1.29, 1.82) is 0 Å². The number of nitrogens with one attached hydrogen (secondary N) is 1. The van der Waals surface area contributed by atoms with Crippen molar-refractivity contribution in [2.75, 3.05) is 6.26 Å². The van der Waals surface area contributed by atoms with Gasteiger partial charge in [0.05, 0.1) is 35.2 Å². The minimum Gasteiger partial charge on any atom is -0.507 e. The smallest absolute Gasteiger partial charge is 0.254 e. The molecule has 0 fully saturated rings. The van der Waals surface area contributed by atoms with Gasteiger partial charge in [-0.15, -0.1) is 0 Å². The molecule has 0 aliphatic heterocycles. The van der Waals surface area contributed by atoms with Crippen LogP contribution in [0.4, 0.5) is 4.39 Å². The van der Waals surface area contributed by atoms with Crippen LogP contribution in [0.2, 0.25) is 0 Å². The highest BCUT2D eigenvalue weighted by atomic mass is 32.2. The van der Waals surface area contributed by atoms with Crippen LogP contribution in [0.1, 0.15) is 41.7 Å². The molecule has 2 N–H and O–H groups in total. The lowest BCUT2D eigenvalue weighted by atomic mass is 10.0. The molecule has 2 heterocycles. The standard InChI is InChI=1S/C24H23FN4O4S/c1-3-4-20(15-5-10-22(30)23(11-15)34(2,32)33)28-24(31)19-12-26-14-21-18(19)13-27-29(21)17-8-6-16(25)7-9-17/h5-14,20,30H,3-4H2,1-2H3,(H,28,31)/t20-/m1/s1. The molecule has 10 heteroatoms. The van der Waals surface area contributed by atoms with Gasteiger partial charge in [0.15, 0.2) is 9.84 Å². The number of hydrogen-bond donors (Lipinski definition) is 2. The van der Waals surface area contributed by atoms with Gasteiger partial charge in [0.25, 0.3) is 5.91 Å². The summed E-state index contributed by atoms with van der Waals surface area (Å²) in [5, 5.41) is 17.8. The molecule has 34 heavy (non-hydrogen) atoms. The summed E-state index contributed by atoms with van der Waals surface area (Å²) < 4.78 is 38.9. The first-order chi connectivity index (χ1) is 16.2. The summed E-state index contributed by atoms with van der Waals surface area (Å²) in [6, 6.07) is 9.62. The van der Waals surface area contributed by atoms with E-state index in [0.29, 0.717) is 34.1 Å². The highest BCUT2D eigenvalue weighted by Gasteiger charge is 2.22. The Morgan fingerprint density at radius 3 is 2.56 bits per heavy atom. The van der Waals surface area contributed by atoms with Gasteiger partial charge in [0, 0.05) is 17.8 Å². The van der Waals surface area contributed by atoms with Crippen molar-refractivity contribution in [1.82, 2.24) is 20.1 Å². The second kappa shape index (κ2) is 9.22. The fourth-order valence-corrected chi connectivity index (χ4v) is 4.60. The molecule has 4 rings (SSSR count). The molecule has 0 spiro atoms. The molecular weight excluding hydrogens is 459 g/mol. The quantitative estimate of drug-likeness (QED) is 0.412. The van der Waals surface area contributed by atoms with Crippen LogP contribution in [0.3, 0.4) is 0 Å². The van der Waals surface area contributed by atoms with Gasteiger partial charge < -0.3 is 10.4 Å². The maximum atomic E-state index is 13.3. The Morgan fingerprint density at radius 2 is 1.88 bits per heavy atom. The average molecular weight is 483 g/mol. The van der Waals surface area contributed by atoms with Crippen molar-refractivity contribution in [2.45, 2.75) is 30.7 Å². The van der Waals surface area contributed by atoms with E-state index in [9.17, 15) is 22.7 Å². The summed E-state index contributed by atoms with van der Waals surface area (Å²) in [6.07, 6.45) is 6.86. The van der Waals surface area contributed by atoms with Gasteiger partial charge in [-0.1, -0.05) is 19.4 Å². The number of pyridine rings is 1. The normalized spacial score (nSPS) is 12.6. The zero-order chi connectivity index (χ0) is 24.5. The first kappa shape index (κ1) is 23.4. The zero-order valence-corrected chi connectivity index (χ0v) is 19.4.